The number of carbonyl (C=O) groups excluding carboxylic acids is 2. The molecule has 2 heterocycles. The second kappa shape index (κ2) is 6.70. The number of nitrogens with zero attached hydrogens (tertiary/aromatic N) is 2. The van der Waals surface area contributed by atoms with Crippen molar-refractivity contribution in [2.24, 2.45) is 0 Å². The lowest BCUT2D eigenvalue weighted by Crippen LogP contribution is -2.54. The van der Waals surface area contributed by atoms with Crippen molar-refractivity contribution in [1.29, 1.82) is 0 Å². The third-order valence-electron chi connectivity index (χ3n) is 4.02. The monoisotopic (exact) mass is 394 g/mol. The number of alkyl halides is 3. The SMILES string of the molecule is CC1(C)Oc2ccc(N)nc2N(CC(=O)Nc2cccc(C(F)(F)F)c2)C1=O. The van der Waals surface area contributed by atoms with Gasteiger partial charge in [0, 0.05) is 5.69 Å². The summed E-state index contributed by atoms with van der Waals surface area (Å²) in [6.45, 7) is 2.60. The lowest BCUT2D eigenvalue weighted by molar-refractivity contribution is -0.137. The molecule has 3 rings (SSSR count). The van der Waals surface area contributed by atoms with Gasteiger partial charge in [0.2, 0.25) is 5.91 Å². The number of benzene rings is 1. The smallest absolute Gasteiger partial charge is 0.416 e. The molecule has 3 N–H and O–H groups in total. The molecule has 1 aromatic heterocycles. The number of fused-ring (bicyclic) bond motifs is 1. The summed E-state index contributed by atoms with van der Waals surface area (Å²) in [5.74, 6) is -0.759. The number of aromatic nitrogens is 1. The van der Waals surface area contributed by atoms with Gasteiger partial charge in [0.1, 0.15) is 12.4 Å². The molecule has 10 heteroatoms. The number of halogens is 3. The minimum absolute atomic E-state index is 0.0412. The standard InChI is InChI=1S/C18H17F3N4O3/c1-17(2)16(27)25(15-12(28-17)6-7-13(22)24-15)9-14(26)23-11-5-3-4-10(8-11)18(19,20)21/h3-8H,9H2,1-2H3,(H2,22,24)(H,23,26). The van der Waals surface area contributed by atoms with Crippen LogP contribution in [0.2, 0.25) is 0 Å². The van der Waals surface area contributed by atoms with Crippen LogP contribution in [0.5, 0.6) is 5.75 Å². The van der Waals surface area contributed by atoms with Gasteiger partial charge in [0.05, 0.1) is 5.56 Å². The predicted molar refractivity (Wildman–Crippen MR) is 95.8 cm³/mol. The molecule has 7 nitrogen and oxygen atoms in total. The van der Waals surface area contributed by atoms with E-state index in [9.17, 15) is 22.8 Å². The van der Waals surface area contributed by atoms with Crippen LogP contribution in [-0.4, -0.2) is 28.9 Å². The van der Waals surface area contributed by atoms with Gasteiger partial charge in [-0.25, -0.2) is 4.98 Å². The second-order valence-electron chi connectivity index (χ2n) is 6.69. The molecule has 28 heavy (non-hydrogen) atoms. The lowest BCUT2D eigenvalue weighted by atomic mass is 10.1. The number of amides is 2. The van der Waals surface area contributed by atoms with E-state index in [0.29, 0.717) is 0 Å². The van der Waals surface area contributed by atoms with Gasteiger partial charge in [0.15, 0.2) is 17.2 Å². The van der Waals surface area contributed by atoms with Gasteiger partial charge in [-0.3, -0.25) is 14.5 Å². The van der Waals surface area contributed by atoms with E-state index in [2.05, 4.69) is 10.3 Å². The minimum atomic E-state index is -4.54. The number of ether oxygens (including phenoxy) is 1. The Morgan fingerprint density at radius 1 is 1.29 bits per heavy atom. The number of nitrogen functional groups attached to an aromatic ring is 1. The van der Waals surface area contributed by atoms with Gasteiger partial charge in [0.25, 0.3) is 5.91 Å². The van der Waals surface area contributed by atoms with Crippen LogP contribution in [0.3, 0.4) is 0 Å². The van der Waals surface area contributed by atoms with E-state index >= 15 is 0 Å². The Balaban J connectivity index is 1.84. The summed E-state index contributed by atoms with van der Waals surface area (Å²) in [6, 6.07) is 7.23. The van der Waals surface area contributed by atoms with Crippen LogP contribution in [0, 0.1) is 0 Å². The Hall–Kier alpha value is -3.30. The average molecular weight is 394 g/mol. The first-order valence-corrected chi connectivity index (χ1v) is 8.22. The number of pyridine rings is 1. The van der Waals surface area contributed by atoms with Crippen LogP contribution >= 0.6 is 0 Å². The molecule has 148 valence electrons. The molecule has 0 unspecified atom stereocenters. The maximum absolute atomic E-state index is 12.8. The number of nitrogens with one attached hydrogen (secondary N) is 1. The van der Waals surface area contributed by atoms with Gasteiger partial charge < -0.3 is 15.8 Å². The van der Waals surface area contributed by atoms with Gasteiger partial charge in [-0.15, -0.1) is 0 Å². The maximum atomic E-state index is 12.8. The van der Waals surface area contributed by atoms with Crippen molar-refractivity contribution in [2.45, 2.75) is 25.6 Å². The Bertz CT molecular complexity index is 944. The highest BCUT2D eigenvalue weighted by molar-refractivity contribution is 6.07. The zero-order chi connectivity index (χ0) is 20.7. The molecule has 2 aromatic rings. The zero-order valence-corrected chi connectivity index (χ0v) is 15.0. The Labute approximate surface area is 158 Å². The quantitative estimate of drug-likeness (QED) is 0.834. The van der Waals surface area contributed by atoms with Crippen LogP contribution in [-0.2, 0) is 15.8 Å². The van der Waals surface area contributed by atoms with Crippen molar-refractivity contribution in [2.75, 3.05) is 22.5 Å². The van der Waals surface area contributed by atoms with E-state index in [4.69, 9.17) is 10.5 Å². The Morgan fingerprint density at radius 2 is 2.00 bits per heavy atom. The van der Waals surface area contributed by atoms with E-state index in [1.165, 1.54) is 38.1 Å². The van der Waals surface area contributed by atoms with Crippen molar-refractivity contribution in [3.63, 3.8) is 0 Å². The van der Waals surface area contributed by atoms with Crippen molar-refractivity contribution in [1.82, 2.24) is 4.98 Å². The molecular formula is C18H17F3N4O3. The van der Waals surface area contributed by atoms with Crippen LogP contribution in [0.4, 0.5) is 30.5 Å². The van der Waals surface area contributed by atoms with Crippen LogP contribution < -0.4 is 20.7 Å². The molecule has 1 aliphatic rings. The first-order chi connectivity index (χ1) is 13.0. The molecule has 0 bridgehead atoms. The van der Waals surface area contributed by atoms with E-state index in [-0.39, 0.29) is 23.1 Å². The van der Waals surface area contributed by atoms with E-state index in [1.807, 2.05) is 0 Å². The number of hydrogen-bond acceptors (Lipinski definition) is 5. The molecular weight excluding hydrogens is 377 g/mol. The fourth-order valence-electron chi connectivity index (χ4n) is 2.73. The topological polar surface area (TPSA) is 97.6 Å². The molecule has 0 radical (unpaired) electrons. The fraction of sp³-hybridized carbons (Fsp3) is 0.278. The van der Waals surface area contributed by atoms with Gasteiger partial charge in [-0.05, 0) is 44.2 Å². The highest BCUT2D eigenvalue weighted by atomic mass is 19.4. The Kier molecular flexibility index (Phi) is 4.66. The summed E-state index contributed by atoms with van der Waals surface area (Å²) in [6.07, 6.45) is -4.54. The maximum Gasteiger partial charge on any atom is 0.416 e. The number of anilines is 3. The number of carbonyl (C=O) groups is 2. The van der Waals surface area contributed by atoms with Crippen LogP contribution in [0.15, 0.2) is 36.4 Å². The minimum Gasteiger partial charge on any atom is -0.474 e. The summed E-state index contributed by atoms with van der Waals surface area (Å²) < 4.78 is 44.1. The fourth-order valence-corrected chi connectivity index (χ4v) is 2.73. The molecule has 0 fully saturated rings. The van der Waals surface area contributed by atoms with Gasteiger partial charge in [-0.2, -0.15) is 13.2 Å². The molecule has 0 spiro atoms. The average Bonchev–Trinajstić information content (AvgIpc) is 2.59. The molecule has 2 amide bonds. The molecule has 1 aromatic carbocycles. The summed E-state index contributed by atoms with van der Waals surface area (Å²) in [7, 11) is 0. The predicted octanol–water partition coefficient (Wildman–Crippen LogP) is 2.83. The Morgan fingerprint density at radius 3 is 2.68 bits per heavy atom. The van der Waals surface area contributed by atoms with Crippen LogP contribution in [0.1, 0.15) is 19.4 Å². The first-order valence-electron chi connectivity index (χ1n) is 8.22. The lowest BCUT2D eigenvalue weighted by Gasteiger charge is -2.37. The van der Waals surface area contributed by atoms with Gasteiger partial charge in [-0.1, -0.05) is 6.07 Å². The first kappa shape index (κ1) is 19.5. The number of hydrogen-bond donors (Lipinski definition) is 2. The molecule has 0 atom stereocenters. The normalized spacial score (nSPS) is 15.6. The third kappa shape index (κ3) is 3.85. The highest BCUT2D eigenvalue weighted by Crippen LogP contribution is 2.36. The van der Waals surface area contributed by atoms with Crippen molar-refractivity contribution in [3.8, 4) is 5.75 Å². The summed E-state index contributed by atoms with van der Waals surface area (Å²) >= 11 is 0. The van der Waals surface area contributed by atoms with E-state index in [1.54, 1.807) is 0 Å². The largest absolute Gasteiger partial charge is 0.474 e. The summed E-state index contributed by atoms with van der Waals surface area (Å²) in [4.78, 5) is 30.2. The molecule has 1 aliphatic heterocycles. The molecule has 0 aliphatic carbocycles. The number of nitrogens with two attached hydrogens (primary N) is 1. The molecule has 0 saturated heterocycles. The third-order valence-corrected chi connectivity index (χ3v) is 4.02. The van der Waals surface area contributed by atoms with Crippen molar-refractivity contribution >= 4 is 29.1 Å². The van der Waals surface area contributed by atoms with Gasteiger partial charge >= 0.3 is 6.18 Å². The van der Waals surface area contributed by atoms with Crippen molar-refractivity contribution < 1.29 is 27.5 Å². The second-order valence-corrected chi connectivity index (χ2v) is 6.69. The van der Waals surface area contributed by atoms with Crippen LogP contribution in [0.25, 0.3) is 0 Å². The van der Waals surface area contributed by atoms with Crippen molar-refractivity contribution in [3.05, 3.63) is 42.0 Å². The number of rotatable bonds is 3. The summed E-state index contributed by atoms with van der Waals surface area (Å²) in [5.41, 5.74) is 3.47. The highest BCUT2D eigenvalue weighted by Gasteiger charge is 2.42. The summed E-state index contributed by atoms with van der Waals surface area (Å²) in [5, 5.41) is 2.36. The van der Waals surface area contributed by atoms with E-state index < -0.39 is 35.7 Å². The zero-order valence-electron chi connectivity index (χ0n) is 15.0. The van der Waals surface area contributed by atoms with E-state index in [0.717, 1.165) is 17.0 Å². The molecule has 0 saturated carbocycles.